The fourth-order valence-electron chi connectivity index (χ4n) is 5.08. The monoisotopic (exact) mass is 553 g/mol. The molecule has 2 aromatic carbocycles. The lowest BCUT2D eigenvalue weighted by molar-refractivity contribution is -0.188. The highest BCUT2D eigenvalue weighted by atomic mass is 19.4. The zero-order valence-electron chi connectivity index (χ0n) is 22.1. The van der Waals surface area contributed by atoms with Crippen LogP contribution in [0.5, 0.6) is 0 Å². The van der Waals surface area contributed by atoms with Gasteiger partial charge in [0.2, 0.25) is 0 Å². The molecule has 2 aromatic rings. The SMILES string of the molecule is CC(C)(C)OC(=O)NC1CN(CCCCc2ccc3c(c2)-c2c(F)cccc2C3C(=O)N(F)CC(F)(F)F)C1. The molecule has 6 nitrogen and oxygen atoms in total. The van der Waals surface area contributed by atoms with Crippen LogP contribution >= 0.6 is 0 Å². The van der Waals surface area contributed by atoms with E-state index in [1.54, 1.807) is 18.2 Å². The molecule has 1 aliphatic heterocycles. The van der Waals surface area contributed by atoms with Gasteiger partial charge in [0, 0.05) is 18.7 Å². The molecule has 39 heavy (non-hydrogen) atoms. The molecular weight excluding hydrogens is 521 g/mol. The number of carbonyl (C=O) groups excluding carboxylic acids is 2. The van der Waals surface area contributed by atoms with Crippen LogP contribution in [0.3, 0.4) is 0 Å². The second kappa shape index (κ2) is 11.1. The zero-order chi connectivity index (χ0) is 28.5. The number of amides is 2. The molecule has 2 aliphatic rings. The second-order valence-electron chi connectivity index (χ2n) is 11.1. The van der Waals surface area contributed by atoms with E-state index in [4.69, 9.17) is 4.74 Å². The van der Waals surface area contributed by atoms with E-state index in [0.29, 0.717) is 12.0 Å². The van der Waals surface area contributed by atoms with Gasteiger partial charge in [-0.3, -0.25) is 9.69 Å². The van der Waals surface area contributed by atoms with Crippen LogP contribution in [0.15, 0.2) is 36.4 Å². The van der Waals surface area contributed by atoms with Gasteiger partial charge in [-0.15, -0.1) is 0 Å². The Morgan fingerprint density at radius 1 is 1.08 bits per heavy atom. The van der Waals surface area contributed by atoms with Crippen LogP contribution in [-0.2, 0) is 16.0 Å². The number of unbranched alkanes of at least 4 members (excludes halogenated alkanes) is 1. The Morgan fingerprint density at radius 2 is 1.79 bits per heavy atom. The molecule has 1 atom stereocenters. The molecule has 1 aliphatic carbocycles. The molecule has 11 heteroatoms. The van der Waals surface area contributed by atoms with Gasteiger partial charge < -0.3 is 10.1 Å². The molecule has 2 amide bonds. The van der Waals surface area contributed by atoms with E-state index in [1.165, 1.54) is 18.2 Å². The highest BCUT2D eigenvalue weighted by Gasteiger charge is 2.41. The quantitative estimate of drug-likeness (QED) is 0.257. The Balaban J connectivity index is 1.34. The number of nitrogens with zero attached hydrogens (tertiary/aromatic N) is 2. The number of aryl methyl sites for hydroxylation is 1. The minimum absolute atomic E-state index is 0.0542. The summed E-state index contributed by atoms with van der Waals surface area (Å²) in [6, 6.07) is 9.14. The van der Waals surface area contributed by atoms with E-state index < -0.39 is 47.2 Å². The van der Waals surface area contributed by atoms with Crippen LogP contribution < -0.4 is 5.32 Å². The minimum atomic E-state index is -4.90. The number of alkyl carbamates (subject to hydrolysis) is 1. The molecular formula is C28H32F5N3O3. The van der Waals surface area contributed by atoms with Gasteiger partial charge in [0.15, 0.2) is 0 Å². The maximum Gasteiger partial charge on any atom is 0.408 e. The predicted octanol–water partition coefficient (Wildman–Crippen LogP) is 5.75. The fraction of sp³-hybridized carbons (Fsp3) is 0.500. The number of nitrogens with one attached hydrogen (secondary N) is 1. The van der Waals surface area contributed by atoms with Crippen LogP contribution in [0.2, 0.25) is 0 Å². The van der Waals surface area contributed by atoms with Crippen molar-refractivity contribution in [2.45, 2.75) is 63.8 Å². The standard InChI is InChI=1S/C28H32F5N3O3/c1-27(2,3)39-26(38)34-18-14-35(15-18)12-5-4-7-17-10-11-19-21(13-17)23-20(8-6-9-22(23)29)24(19)25(37)36(33)16-28(30,31)32/h6,8-11,13,18,24H,4-5,7,12,14-16H2,1-3H3,(H,34,38). The number of halogens is 5. The van der Waals surface area contributed by atoms with Crippen LogP contribution in [0, 0.1) is 5.82 Å². The predicted molar refractivity (Wildman–Crippen MR) is 135 cm³/mol. The summed E-state index contributed by atoms with van der Waals surface area (Å²) in [4.78, 5) is 26.8. The maximum absolute atomic E-state index is 14.8. The molecule has 0 bridgehead atoms. The molecule has 212 valence electrons. The van der Waals surface area contributed by atoms with Crippen LogP contribution in [0.4, 0.5) is 26.8 Å². The number of ether oxygens (including phenoxy) is 1. The summed E-state index contributed by atoms with van der Waals surface area (Å²) in [7, 11) is 0. The zero-order valence-corrected chi connectivity index (χ0v) is 22.1. The van der Waals surface area contributed by atoms with Crippen molar-refractivity contribution in [1.82, 2.24) is 15.3 Å². The number of hydrogen-bond acceptors (Lipinski definition) is 4. The molecule has 0 saturated carbocycles. The highest BCUT2D eigenvalue weighted by molar-refractivity contribution is 5.96. The molecule has 1 heterocycles. The average Bonchev–Trinajstić information content (AvgIpc) is 3.11. The number of hydrogen-bond donors (Lipinski definition) is 1. The van der Waals surface area contributed by atoms with Crippen molar-refractivity contribution in [2.24, 2.45) is 0 Å². The van der Waals surface area contributed by atoms with Crippen LogP contribution in [0.25, 0.3) is 11.1 Å². The van der Waals surface area contributed by atoms with E-state index in [-0.39, 0.29) is 22.7 Å². The van der Waals surface area contributed by atoms with Gasteiger partial charge in [-0.25, -0.2) is 9.18 Å². The largest absolute Gasteiger partial charge is 0.444 e. The normalized spacial score (nSPS) is 17.3. The van der Waals surface area contributed by atoms with E-state index >= 15 is 0 Å². The van der Waals surface area contributed by atoms with Crippen molar-refractivity contribution < 1.29 is 36.4 Å². The number of carbonyl (C=O) groups is 2. The lowest BCUT2D eigenvalue weighted by Gasteiger charge is -2.39. The van der Waals surface area contributed by atoms with Gasteiger partial charge in [0.1, 0.15) is 18.0 Å². The van der Waals surface area contributed by atoms with Crippen LogP contribution in [0.1, 0.15) is 56.2 Å². The van der Waals surface area contributed by atoms with Crippen molar-refractivity contribution in [1.29, 1.82) is 0 Å². The summed E-state index contributed by atoms with van der Waals surface area (Å²) in [5.41, 5.74) is 1.31. The number of rotatable bonds is 8. The summed E-state index contributed by atoms with van der Waals surface area (Å²) in [6.07, 6.45) is -2.93. The van der Waals surface area contributed by atoms with Crippen molar-refractivity contribution in [3.8, 4) is 11.1 Å². The lowest BCUT2D eigenvalue weighted by atomic mass is 9.94. The van der Waals surface area contributed by atoms with Crippen molar-refractivity contribution >= 4 is 12.0 Å². The first-order valence-electron chi connectivity index (χ1n) is 12.9. The molecule has 0 aromatic heterocycles. The summed E-state index contributed by atoms with van der Waals surface area (Å²) in [5, 5.41) is 2.00. The van der Waals surface area contributed by atoms with Crippen molar-refractivity contribution in [3.63, 3.8) is 0 Å². The third kappa shape index (κ3) is 7.06. The van der Waals surface area contributed by atoms with E-state index in [2.05, 4.69) is 10.2 Å². The first kappa shape index (κ1) is 28.8. The summed E-state index contributed by atoms with van der Waals surface area (Å²) < 4.78 is 72.3. The minimum Gasteiger partial charge on any atom is -0.444 e. The Kier molecular flexibility index (Phi) is 8.20. The molecule has 1 unspecified atom stereocenters. The highest BCUT2D eigenvalue weighted by Crippen LogP contribution is 2.47. The third-order valence-electron chi connectivity index (χ3n) is 6.73. The Hall–Kier alpha value is -3.21. The Bertz CT molecular complexity index is 1220. The summed E-state index contributed by atoms with van der Waals surface area (Å²) in [6.45, 7) is 5.72. The maximum atomic E-state index is 14.8. The van der Waals surface area contributed by atoms with Crippen molar-refractivity contribution in [3.05, 3.63) is 58.9 Å². The average molecular weight is 554 g/mol. The molecule has 0 spiro atoms. The Labute approximate surface area is 224 Å². The molecule has 1 fully saturated rings. The molecule has 4 rings (SSSR count). The number of fused-ring (bicyclic) bond motifs is 3. The van der Waals surface area contributed by atoms with Gasteiger partial charge in [0.25, 0.3) is 5.91 Å². The molecule has 0 radical (unpaired) electrons. The number of alkyl halides is 3. The van der Waals surface area contributed by atoms with Gasteiger partial charge in [-0.2, -0.15) is 18.3 Å². The number of benzene rings is 2. The van der Waals surface area contributed by atoms with Crippen molar-refractivity contribution in [2.75, 3.05) is 26.2 Å². The van der Waals surface area contributed by atoms with Crippen LogP contribution in [-0.4, -0.2) is 66.0 Å². The molecule has 1 saturated heterocycles. The fourth-order valence-corrected chi connectivity index (χ4v) is 5.08. The molecule has 1 N–H and O–H groups in total. The second-order valence-corrected chi connectivity index (χ2v) is 11.1. The smallest absolute Gasteiger partial charge is 0.408 e. The van der Waals surface area contributed by atoms with E-state index in [0.717, 1.165) is 38.0 Å². The third-order valence-corrected chi connectivity index (χ3v) is 6.73. The topological polar surface area (TPSA) is 61.9 Å². The summed E-state index contributed by atoms with van der Waals surface area (Å²) in [5.74, 6) is -3.34. The van der Waals surface area contributed by atoms with Gasteiger partial charge >= 0.3 is 12.3 Å². The lowest BCUT2D eigenvalue weighted by Crippen LogP contribution is -2.59. The first-order valence-corrected chi connectivity index (χ1v) is 12.9. The van der Waals surface area contributed by atoms with Gasteiger partial charge in [-0.05, 0) is 74.9 Å². The Morgan fingerprint density at radius 3 is 2.46 bits per heavy atom. The van der Waals surface area contributed by atoms with E-state index in [9.17, 15) is 31.6 Å². The summed E-state index contributed by atoms with van der Waals surface area (Å²) >= 11 is 0. The number of likely N-dealkylation sites (tertiary alicyclic amines) is 1. The van der Waals surface area contributed by atoms with E-state index in [1.807, 2.05) is 20.8 Å². The first-order chi connectivity index (χ1) is 18.2. The van der Waals surface area contributed by atoms with Gasteiger partial charge in [0.05, 0.1) is 12.0 Å². The van der Waals surface area contributed by atoms with Gasteiger partial charge in [-0.1, -0.05) is 34.8 Å².